The van der Waals surface area contributed by atoms with Crippen LogP contribution in [-0.4, -0.2) is 171 Å². The summed E-state index contributed by atoms with van der Waals surface area (Å²) in [5.41, 5.74) is 12.0. The minimum Gasteiger partial charge on any atom is -0.508 e. The van der Waals surface area contributed by atoms with Gasteiger partial charge in [-0.2, -0.15) is 23.5 Å². The van der Waals surface area contributed by atoms with E-state index in [1.807, 2.05) is 0 Å². The number of carbonyl (C=O) groups excluding carboxylic acids is 8. The lowest BCUT2D eigenvalue weighted by Gasteiger charge is -2.29. The molecule has 0 aliphatic carbocycles. The molecule has 0 aliphatic rings. The molecule has 0 unspecified atom stereocenters. The smallest absolute Gasteiger partial charge is 0.326 e. The first-order chi connectivity index (χ1) is 35.2. The lowest BCUT2D eigenvalue weighted by atomic mass is 9.99. The molecule has 0 radical (unpaired) electrons. The molecule has 8 amide bonds. The van der Waals surface area contributed by atoms with Gasteiger partial charge in [0.15, 0.2) is 0 Å². The summed E-state index contributed by atoms with van der Waals surface area (Å²) in [4.78, 5) is 134. The van der Waals surface area contributed by atoms with E-state index in [9.17, 15) is 68.4 Å². The highest BCUT2D eigenvalue weighted by Gasteiger charge is 2.36. The maximum Gasteiger partial charge on any atom is 0.326 e. The summed E-state index contributed by atoms with van der Waals surface area (Å²) in [5.74, 6) is -9.27. The van der Waals surface area contributed by atoms with Crippen molar-refractivity contribution in [2.75, 3.05) is 30.6 Å². The number of phenolic OH excluding ortho intramolecular Hbond substituents is 1. The van der Waals surface area contributed by atoms with Crippen LogP contribution in [0, 0.1) is 11.8 Å². The first kappa shape index (κ1) is 67.3. The maximum absolute atomic E-state index is 14.3. The average molecular weight is 1100 g/mol. The quantitative estimate of drug-likeness (QED) is 0.0363. The average Bonchev–Trinajstić information content (AvgIpc) is 3.33. The maximum atomic E-state index is 14.3. The van der Waals surface area contributed by atoms with Crippen LogP contribution < -0.4 is 54.0 Å². The molecule has 24 nitrogen and oxygen atoms in total. The van der Waals surface area contributed by atoms with E-state index >= 15 is 0 Å². The fraction of sp³-hybridized carbons (Fsp3) is 0.673. The molecule has 10 atom stereocenters. The van der Waals surface area contributed by atoms with Gasteiger partial charge in [0, 0.05) is 12.8 Å². The summed E-state index contributed by atoms with van der Waals surface area (Å²) in [7, 11) is 0. The highest BCUT2D eigenvalue weighted by molar-refractivity contribution is 7.98. The lowest BCUT2D eigenvalue weighted by Crippen LogP contribution is -2.61. The molecule has 26 heteroatoms. The van der Waals surface area contributed by atoms with Crippen LogP contribution >= 0.6 is 23.5 Å². The second kappa shape index (κ2) is 35.5. The van der Waals surface area contributed by atoms with Gasteiger partial charge < -0.3 is 74.4 Å². The Labute approximate surface area is 447 Å². The number of unbranched alkanes of at least 4 members (excludes halogenated alkanes) is 1. The van der Waals surface area contributed by atoms with Crippen molar-refractivity contribution in [3.63, 3.8) is 0 Å². The minimum absolute atomic E-state index is 0.00618. The number of benzene rings is 1. The molecule has 16 N–H and O–H groups in total. The number of aliphatic hydroxyl groups is 1. The second-order valence-corrected chi connectivity index (χ2v) is 21.2. The number of aliphatic hydroxyl groups excluding tert-OH is 1. The van der Waals surface area contributed by atoms with E-state index in [0.29, 0.717) is 36.5 Å². The molecule has 0 saturated heterocycles. The van der Waals surface area contributed by atoms with E-state index in [0.717, 1.165) is 0 Å². The van der Waals surface area contributed by atoms with Gasteiger partial charge in [-0.1, -0.05) is 39.8 Å². The third kappa shape index (κ3) is 26.6. The molecule has 1 aromatic carbocycles. The second-order valence-electron chi connectivity index (χ2n) is 19.2. The van der Waals surface area contributed by atoms with Crippen LogP contribution in [0.1, 0.15) is 105 Å². The highest BCUT2D eigenvalue weighted by Crippen LogP contribution is 2.15. The van der Waals surface area contributed by atoms with E-state index in [1.54, 1.807) is 40.2 Å². The van der Waals surface area contributed by atoms with E-state index in [1.165, 1.54) is 61.6 Å². The summed E-state index contributed by atoms with van der Waals surface area (Å²) < 4.78 is 0. The first-order valence-corrected chi connectivity index (χ1v) is 27.8. The molecule has 0 bridgehead atoms. The number of carbonyl (C=O) groups is 10. The van der Waals surface area contributed by atoms with Crippen LogP contribution in [0.25, 0.3) is 0 Å². The van der Waals surface area contributed by atoms with Crippen LogP contribution in [0.3, 0.4) is 0 Å². The molecule has 424 valence electrons. The largest absolute Gasteiger partial charge is 0.508 e. The van der Waals surface area contributed by atoms with Gasteiger partial charge in [0.1, 0.15) is 54.1 Å². The van der Waals surface area contributed by atoms with Gasteiger partial charge in [0.25, 0.3) is 0 Å². The third-order valence-electron chi connectivity index (χ3n) is 11.5. The van der Waals surface area contributed by atoms with Gasteiger partial charge in [-0.25, -0.2) is 4.79 Å². The van der Waals surface area contributed by atoms with Crippen LogP contribution in [0.2, 0.25) is 0 Å². The lowest BCUT2D eigenvalue weighted by molar-refractivity contribution is -0.143. The van der Waals surface area contributed by atoms with Crippen molar-refractivity contribution in [1.29, 1.82) is 0 Å². The van der Waals surface area contributed by atoms with Crippen molar-refractivity contribution in [3.8, 4) is 5.75 Å². The number of hydrogen-bond donors (Lipinski definition) is 14. The molecule has 0 aliphatic heterocycles. The van der Waals surface area contributed by atoms with Crippen molar-refractivity contribution in [2.45, 2.75) is 166 Å². The monoisotopic (exact) mass is 1100 g/mol. The fourth-order valence-corrected chi connectivity index (χ4v) is 8.31. The van der Waals surface area contributed by atoms with E-state index < -0.39 is 133 Å². The Balaban J connectivity index is 3.56. The van der Waals surface area contributed by atoms with Crippen LogP contribution in [0.4, 0.5) is 0 Å². The zero-order valence-corrected chi connectivity index (χ0v) is 45.9. The minimum atomic E-state index is -1.65. The number of carboxylic acid groups (broad SMARTS) is 2. The molecule has 1 rings (SSSR count). The standard InChI is InChI=1S/C49H82N10O14S2/c1-26(2)23-36(57-46(69)38(25-30-12-14-31(61)15-13-30)58-42(65)32(11-9-10-20-50)52-41(64)28(5)51)45(68)54-34(18-21-74-7)44(67)53-33(16-17-39(62)63)43(66)56-37(24-27(3)4)47(70)59-40(29(6)60)48(71)55-35(49(72)73)19-22-75-8/h12-15,26-29,32-38,40,60-61H,9-11,16-25,50-51H2,1-8H3,(H,52,64)(H,53,67)(H,54,68)(H,55,71)(H,56,66)(H,57,69)(H,58,65)(H,59,70)(H,62,63)(H,72,73)/t28-,29+,32-,33-,34-,35-,36-,37-,38-,40-/m0/s1. The number of amides is 8. The van der Waals surface area contributed by atoms with Gasteiger partial charge in [-0.3, -0.25) is 43.2 Å². The van der Waals surface area contributed by atoms with Crippen LogP contribution in [-0.2, 0) is 54.4 Å². The predicted molar refractivity (Wildman–Crippen MR) is 285 cm³/mol. The molecule has 0 heterocycles. The van der Waals surface area contributed by atoms with Crippen molar-refractivity contribution in [3.05, 3.63) is 29.8 Å². The summed E-state index contributed by atoms with van der Waals surface area (Å²) >= 11 is 2.68. The van der Waals surface area contributed by atoms with Gasteiger partial charge in [-0.05, 0) is 125 Å². The Morgan fingerprint density at radius 2 is 0.920 bits per heavy atom. The van der Waals surface area contributed by atoms with E-state index in [2.05, 4.69) is 42.5 Å². The zero-order valence-electron chi connectivity index (χ0n) is 44.3. The Kier molecular flexibility index (Phi) is 31.9. The van der Waals surface area contributed by atoms with Crippen LogP contribution in [0.15, 0.2) is 24.3 Å². The van der Waals surface area contributed by atoms with E-state index in [-0.39, 0.29) is 56.1 Å². The highest BCUT2D eigenvalue weighted by atomic mass is 32.2. The summed E-state index contributed by atoms with van der Waals surface area (Å²) in [6, 6.07) is -6.19. The van der Waals surface area contributed by atoms with Gasteiger partial charge in [0.05, 0.1) is 12.1 Å². The molecule has 0 spiro atoms. The molecular weight excluding hydrogens is 1020 g/mol. The Hall–Kier alpha value is -5.70. The molecular formula is C49H82N10O14S2. The molecule has 0 saturated carbocycles. The number of aromatic hydroxyl groups is 1. The van der Waals surface area contributed by atoms with Crippen molar-refractivity contribution in [1.82, 2.24) is 42.5 Å². The van der Waals surface area contributed by atoms with Crippen molar-refractivity contribution in [2.24, 2.45) is 23.3 Å². The van der Waals surface area contributed by atoms with Crippen LogP contribution in [0.5, 0.6) is 5.75 Å². The number of rotatable bonds is 37. The number of aliphatic carboxylic acids is 2. The Morgan fingerprint density at radius 1 is 0.520 bits per heavy atom. The summed E-state index contributed by atoms with van der Waals surface area (Å²) in [5, 5.41) is 60.1. The SMILES string of the molecule is CSCC[C@H](NC(=O)[C@@H](NC(=O)[C@H](CC(C)C)NC(=O)[C@H](CCC(=O)O)NC(=O)[C@H](CCSC)NC(=O)[C@H](CC(C)C)NC(=O)[C@H](Cc1ccc(O)cc1)NC(=O)[C@H](CCCCN)NC(=O)[C@H](C)N)[C@@H](C)O)C(=O)O. The first-order valence-electron chi connectivity index (χ1n) is 25.0. The van der Waals surface area contributed by atoms with Gasteiger partial charge in [0.2, 0.25) is 47.3 Å². The topological polar surface area (TPSA) is 400 Å². The number of hydrogen-bond acceptors (Lipinski definition) is 16. The number of phenols is 1. The normalized spacial score (nSPS) is 15.3. The number of nitrogens with two attached hydrogens (primary N) is 2. The number of carboxylic acids is 2. The Morgan fingerprint density at radius 3 is 1.36 bits per heavy atom. The molecule has 0 aromatic heterocycles. The van der Waals surface area contributed by atoms with Crippen molar-refractivity contribution >= 4 is 82.7 Å². The third-order valence-corrected chi connectivity index (χ3v) is 12.8. The predicted octanol–water partition coefficient (Wildman–Crippen LogP) is -0.782. The van der Waals surface area contributed by atoms with Gasteiger partial charge in [-0.15, -0.1) is 0 Å². The molecule has 0 fully saturated rings. The zero-order chi connectivity index (χ0) is 56.9. The Bertz CT molecular complexity index is 2030. The summed E-state index contributed by atoms with van der Waals surface area (Å²) in [6.45, 7) is 10.0. The van der Waals surface area contributed by atoms with E-state index in [4.69, 9.17) is 11.5 Å². The fourth-order valence-electron chi connectivity index (χ4n) is 7.36. The number of nitrogens with one attached hydrogen (secondary N) is 8. The summed E-state index contributed by atoms with van der Waals surface area (Å²) in [6.07, 6.45) is 1.97. The van der Waals surface area contributed by atoms with Gasteiger partial charge >= 0.3 is 11.9 Å². The van der Waals surface area contributed by atoms with Crippen molar-refractivity contribution < 1.29 is 68.4 Å². The number of thioether (sulfide) groups is 2. The molecule has 1 aromatic rings. The molecule has 75 heavy (non-hydrogen) atoms.